The highest BCUT2D eigenvalue weighted by atomic mass is 16.4. The molecule has 0 unspecified atom stereocenters. The molecule has 2 aromatic carbocycles. The first-order valence-electron chi connectivity index (χ1n) is 14.7. The lowest BCUT2D eigenvalue weighted by Crippen LogP contribution is -2.29. The maximum absolute atomic E-state index is 13.8. The van der Waals surface area contributed by atoms with E-state index < -0.39 is 17.8 Å². The average molecular weight is 580 g/mol. The third kappa shape index (κ3) is 5.64. The van der Waals surface area contributed by atoms with Gasteiger partial charge in [0.05, 0.1) is 17.8 Å². The summed E-state index contributed by atoms with van der Waals surface area (Å²) in [7, 11) is 0. The third-order valence-electron chi connectivity index (χ3n) is 8.75. The molecular weight excluding hydrogens is 546 g/mol. The van der Waals surface area contributed by atoms with E-state index in [1.165, 1.54) is 29.6 Å². The van der Waals surface area contributed by atoms with Crippen LogP contribution in [0.15, 0.2) is 54.7 Å². The number of anilines is 1. The lowest BCUT2D eigenvalue weighted by atomic mass is 9.98. The van der Waals surface area contributed by atoms with Crippen LogP contribution in [0.1, 0.15) is 109 Å². The van der Waals surface area contributed by atoms with Gasteiger partial charge in [0.15, 0.2) is 11.4 Å². The van der Waals surface area contributed by atoms with E-state index in [0.29, 0.717) is 36.4 Å². The number of nitrogens with one attached hydrogen (secondary N) is 2. The topological polar surface area (TPSA) is 143 Å². The van der Waals surface area contributed by atoms with Gasteiger partial charge >= 0.3 is 5.97 Å². The van der Waals surface area contributed by atoms with E-state index in [1.54, 1.807) is 43.3 Å². The second-order valence-corrected chi connectivity index (χ2v) is 11.4. The number of benzene rings is 2. The Kier molecular flexibility index (Phi) is 7.75. The van der Waals surface area contributed by atoms with Crippen molar-refractivity contribution in [3.8, 4) is 0 Å². The number of Topliss-reactive ketones (excluding diaryl/α,β-unsaturated/α-hetero) is 1. The fourth-order valence-electron chi connectivity index (χ4n) is 6.40. The number of para-hydroxylation sites is 1. The number of amides is 2. The molecule has 2 heterocycles. The van der Waals surface area contributed by atoms with Crippen LogP contribution in [0.5, 0.6) is 0 Å². The van der Waals surface area contributed by atoms with E-state index in [1.807, 2.05) is 6.07 Å². The predicted octanol–water partition coefficient (Wildman–Crippen LogP) is 5.56. The Labute approximate surface area is 248 Å². The van der Waals surface area contributed by atoms with Gasteiger partial charge in [0, 0.05) is 12.1 Å². The van der Waals surface area contributed by atoms with Gasteiger partial charge in [-0.2, -0.15) is 5.10 Å². The highest BCUT2D eigenvalue weighted by Crippen LogP contribution is 2.35. The molecule has 1 fully saturated rings. The zero-order valence-corrected chi connectivity index (χ0v) is 23.9. The second kappa shape index (κ2) is 11.8. The number of rotatable bonds is 9. The van der Waals surface area contributed by atoms with Crippen molar-refractivity contribution < 1.29 is 24.3 Å². The normalized spacial score (nSPS) is 16.3. The molecule has 2 aromatic heterocycles. The predicted molar refractivity (Wildman–Crippen MR) is 160 cm³/mol. The number of aromatic nitrogens is 3. The zero-order chi connectivity index (χ0) is 30.1. The second-order valence-electron chi connectivity index (χ2n) is 11.4. The molecule has 0 bridgehead atoms. The first-order chi connectivity index (χ1) is 20.8. The maximum atomic E-state index is 13.8. The van der Waals surface area contributed by atoms with Crippen LogP contribution in [0.3, 0.4) is 0 Å². The summed E-state index contributed by atoms with van der Waals surface area (Å²) in [5.41, 5.74) is 3.83. The summed E-state index contributed by atoms with van der Waals surface area (Å²) in [4.78, 5) is 56.6. The molecule has 0 spiro atoms. The van der Waals surface area contributed by atoms with Gasteiger partial charge in [-0.15, -0.1) is 0 Å². The lowest BCUT2D eigenvalue weighted by Gasteiger charge is -2.16. The molecule has 10 heteroatoms. The van der Waals surface area contributed by atoms with Gasteiger partial charge < -0.3 is 15.7 Å². The number of nitrogens with zero attached hydrogens (tertiary/aromatic N) is 3. The Hall–Kier alpha value is -4.86. The number of fused-ring (bicyclic) bond motifs is 2. The van der Waals surface area contributed by atoms with Crippen LogP contribution in [0.25, 0.3) is 5.65 Å². The molecule has 6 rings (SSSR count). The van der Waals surface area contributed by atoms with E-state index in [0.717, 1.165) is 30.4 Å². The van der Waals surface area contributed by atoms with Crippen molar-refractivity contribution in [1.82, 2.24) is 19.9 Å². The number of carbonyl (C=O) groups excluding carboxylic acids is 3. The molecule has 43 heavy (non-hydrogen) atoms. The molecule has 1 saturated carbocycles. The zero-order valence-electron chi connectivity index (χ0n) is 23.9. The van der Waals surface area contributed by atoms with Crippen LogP contribution in [-0.4, -0.2) is 43.3 Å². The Morgan fingerprint density at radius 2 is 1.74 bits per heavy atom. The molecular formula is C33H33N5O5. The Morgan fingerprint density at radius 1 is 0.977 bits per heavy atom. The summed E-state index contributed by atoms with van der Waals surface area (Å²) in [6.07, 6.45) is 8.29. The number of carboxylic acid groups (broad SMARTS) is 1. The Balaban J connectivity index is 1.32. The summed E-state index contributed by atoms with van der Waals surface area (Å²) < 4.78 is 1.30. The molecule has 4 aromatic rings. The average Bonchev–Trinajstić information content (AvgIpc) is 3.76. The first kappa shape index (κ1) is 28.3. The van der Waals surface area contributed by atoms with Crippen molar-refractivity contribution in [2.45, 2.75) is 64.3 Å². The molecule has 2 amide bonds. The summed E-state index contributed by atoms with van der Waals surface area (Å²) >= 11 is 0. The highest BCUT2D eigenvalue weighted by molar-refractivity contribution is 6.09. The standard InChI is InChI=1S/C33H33N5O5/c1-19-22-14-15-26(24(22)13-12-23(19)33(42)43)37-32(41)28-17-27(29(39)16-11-20-7-5-6-8-20)36-30-25(18-34-38(28)30)31(40)35-21-9-3-2-4-10-21/h2-4,9-10,12-13,17-18,20,26H,5-8,11,14-16H2,1H3,(H,35,40)(H,37,41)(H,42,43)/t26-/m1/s1. The number of carboxylic acids is 1. The van der Waals surface area contributed by atoms with Crippen molar-refractivity contribution in [3.05, 3.63) is 93.9 Å². The van der Waals surface area contributed by atoms with Gasteiger partial charge in [-0.3, -0.25) is 14.4 Å². The summed E-state index contributed by atoms with van der Waals surface area (Å²) in [5.74, 6) is -1.56. The van der Waals surface area contributed by atoms with Gasteiger partial charge in [-0.1, -0.05) is 49.9 Å². The molecule has 3 N–H and O–H groups in total. The number of aromatic carboxylic acids is 1. The first-order valence-corrected chi connectivity index (χ1v) is 14.7. The lowest BCUT2D eigenvalue weighted by molar-refractivity contribution is 0.0695. The van der Waals surface area contributed by atoms with Crippen LogP contribution >= 0.6 is 0 Å². The van der Waals surface area contributed by atoms with Crippen LogP contribution < -0.4 is 10.6 Å². The molecule has 2 aliphatic carbocycles. The van der Waals surface area contributed by atoms with Crippen molar-refractivity contribution in [2.75, 3.05) is 5.32 Å². The van der Waals surface area contributed by atoms with E-state index in [9.17, 15) is 24.3 Å². The third-order valence-corrected chi connectivity index (χ3v) is 8.75. The molecule has 0 saturated heterocycles. The largest absolute Gasteiger partial charge is 0.478 e. The maximum Gasteiger partial charge on any atom is 0.335 e. The molecule has 0 radical (unpaired) electrons. The van der Waals surface area contributed by atoms with Crippen LogP contribution in [0.2, 0.25) is 0 Å². The van der Waals surface area contributed by atoms with Crippen LogP contribution in [0, 0.1) is 12.8 Å². The molecule has 220 valence electrons. The Bertz CT molecular complexity index is 1740. The van der Waals surface area contributed by atoms with Gasteiger partial charge in [-0.05, 0) is 73.1 Å². The smallest absolute Gasteiger partial charge is 0.335 e. The van der Waals surface area contributed by atoms with E-state index in [-0.39, 0.29) is 40.0 Å². The van der Waals surface area contributed by atoms with Gasteiger partial charge in [0.25, 0.3) is 11.8 Å². The van der Waals surface area contributed by atoms with Crippen molar-refractivity contribution >= 4 is 34.9 Å². The molecule has 1 atom stereocenters. The minimum absolute atomic E-state index is 0.0975. The summed E-state index contributed by atoms with van der Waals surface area (Å²) in [6.45, 7) is 1.79. The number of carbonyl (C=O) groups is 4. The van der Waals surface area contributed by atoms with Crippen molar-refractivity contribution in [2.24, 2.45) is 5.92 Å². The van der Waals surface area contributed by atoms with E-state index in [4.69, 9.17) is 0 Å². The minimum Gasteiger partial charge on any atom is -0.478 e. The van der Waals surface area contributed by atoms with Gasteiger partial charge in [0.1, 0.15) is 17.0 Å². The van der Waals surface area contributed by atoms with E-state index >= 15 is 0 Å². The van der Waals surface area contributed by atoms with Crippen molar-refractivity contribution in [1.29, 1.82) is 0 Å². The van der Waals surface area contributed by atoms with E-state index in [2.05, 4.69) is 20.7 Å². The molecule has 0 aliphatic heterocycles. The fraction of sp³-hybridized carbons (Fsp3) is 0.333. The summed E-state index contributed by atoms with van der Waals surface area (Å²) in [5, 5.41) is 19.7. The number of hydrogen-bond donors (Lipinski definition) is 3. The number of ketones is 1. The van der Waals surface area contributed by atoms with Crippen LogP contribution in [-0.2, 0) is 6.42 Å². The van der Waals surface area contributed by atoms with Crippen LogP contribution in [0.4, 0.5) is 5.69 Å². The molecule has 2 aliphatic rings. The fourth-order valence-corrected chi connectivity index (χ4v) is 6.40. The number of hydrogen-bond acceptors (Lipinski definition) is 6. The van der Waals surface area contributed by atoms with Gasteiger partial charge in [0.2, 0.25) is 0 Å². The summed E-state index contributed by atoms with van der Waals surface area (Å²) in [6, 6.07) is 13.4. The molecule has 10 nitrogen and oxygen atoms in total. The SMILES string of the molecule is Cc1c(C(=O)O)ccc2c1CC[C@H]2NC(=O)c1cc(C(=O)CCC2CCCC2)nc2c(C(=O)Nc3ccccc3)cnn12. The highest BCUT2D eigenvalue weighted by Gasteiger charge is 2.30. The van der Waals surface area contributed by atoms with Gasteiger partial charge in [-0.25, -0.2) is 14.3 Å². The quantitative estimate of drug-likeness (QED) is 0.220. The minimum atomic E-state index is -0.983. The Morgan fingerprint density at radius 3 is 2.49 bits per heavy atom. The monoisotopic (exact) mass is 579 g/mol. The van der Waals surface area contributed by atoms with Crippen molar-refractivity contribution in [3.63, 3.8) is 0 Å².